The number of hydrogen-bond donors (Lipinski definition) is 1. The summed E-state index contributed by atoms with van der Waals surface area (Å²) in [6.07, 6.45) is 0.915. The first-order chi connectivity index (χ1) is 7.11. The molecular formula is C11H14BrClFN. The number of rotatable bonds is 5. The molecule has 0 aliphatic rings. The molecule has 4 heteroatoms. The van der Waals surface area contributed by atoms with E-state index in [-0.39, 0.29) is 5.82 Å². The Balaban J connectivity index is 2.50. The maximum Gasteiger partial charge on any atom is 0.124 e. The van der Waals surface area contributed by atoms with Crippen molar-refractivity contribution in [2.75, 3.05) is 5.88 Å². The van der Waals surface area contributed by atoms with E-state index in [1.165, 1.54) is 12.1 Å². The fraction of sp³-hybridized carbons (Fsp3) is 0.455. The van der Waals surface area contributed by atoms with E-state index in [4.69, 9.17) is 11.6 Å². The Morgan fingerprint density at radius 1 is 1.47 bits per heavy atom. The third-order valence-corrected chi connectivity index (χ3v) is 2.80. The van der Waals surface area contributed by atoms with Crippen LogP contribution < -0.4 is 5.32 Å². The van der Waals surface area contributed by atoms with Gasteiger partial charge >= 0.3 is 0 Å². The van der Waals surface area contributed by atoms with E-state index in [1.807, 2.05) is 6.07 Å². The van der Waals surface area contributed by atoms with Crippen molar-refractivity contribution in [3.05, 3.63) is 34.1 Å². The van der Waals surface area contributed by atoms with Gasteiger partial charge in [-0.05, 0) is 37.1 Å². The van der Waals surface area contributed by atoms with E-state index in [1.54, 1.807) is 0 Å². The van der Waals surface area contributed by atoms with E-state index >= 15 is 0 Å². The highest BCUT2D eigenvalue weighted by Gasteiger charge is 2.02. The van der Waals surface area contributed by atoms with Crippen molar-refractivity contribution in [3.8, 4) is 0 Å². The normalized spacial score (nSPS) is 12.8. The molecule has 0 amide bonds. The van der Waals surface area contributed by atoms with Crippen molar-refractivity contribution in [3.63, 3.8) is 0 Å². The van der Waals surface area contributed by atoms with Gasteiger partial charge in [-0.15, -0.1) is 11.6 Å². The van der Waals surface area contributed by atoms with Gasteiger partial charge in [-0.2, -0.15) is 0 Å². The van der Waals surface area contributed by atoms with Gasteiger partial charge in [-0.25, -0.2) is 4.39 Å². The average Bonchev–Trinajstić information content (AvgIpc) is 2.14. The molecule has 0 spiro atoms. The van der Waals surface area contributed by atoms with Crippen molar-refractivity contribution >= 4 is 27.5 Å². The van der Waals surface area contributed by atoms with Gasteiger partial charge in [0.05, 0.1) is 0 Å². The molecule has 15 heavy (non-hydrogen) atoms. The van der Waals surface area contributed by atoms with Gasteiger partial charge in [0.15, 0.2) is 0 Å². The maximum absolute atomic E-state index is 13.0. The number of halogens is 3. The highest BCUT2D eigenvalue weighted by atomic mass is 79.9. The number of benzene rings is 1. The van der Waals surface area contributed by atoms with Crippen LogP contribution in [0.2, 0.25) is 0 Å². The standard InChI is InChI=1S/C11H14BrClFN/c1-8(2-3-13)15-7-9-4-10(12)6-11(14)5-9/h4-6,8,15H,2-3,7H2,1H3. The molecule has 0 saturated heterocycles. The van der Waals surface area contributed by atoms with Gasteiger partial charge in [0.1, 0.15) is 5.82 Å². The molecule has 0 aliphatic carbocycles. The number of nitrogens with one attached hydrogen (secondary N) is 1. The predicted molar refractivity (Wildman–Crippen MR) is 65.7 cm³/mol. The lowest BCUT2D eigenvalue weighted by atomic mass is 10.2. The Kier molecular flexibility index (Phi) is 5.58. The maximum atomic E-state index is 13.0. The van der Waals surface area contributed by atoms with Crippen molar-refractivity contribution in [1.82, 2.24) is 5.32 Å². The van der Waals surface area contributed by atoms with Gasteiger partial charge in [0, 0.05) is 22.9 Å². The van der Waals surface area contributed by atoms with Crippen LogP contribution in [-0.2, 0) is 6.54 Å². The summed E-state index contributed by atoms with van der Waals surface area (Å²) in [6.45, 7) is 2.73. The first-order valence-corrected chi connectivity index (χ1v) is 6.19. The van der Waals surface area contributed by atoms with Gasteiger partial charge < -0.3 is 5.32 Å². The lowest BCUT2D eigenvalue weighted by Crippen LogP contribution is -2.25. The highest BCUT2D eigenvalue weighted by Crippen LogP contribution is 2.14. The second-order valence-corrected chi connectivity index (χ2v) is 4.83. The summed E-state index contributed by atoms with van der Waals surface area (Å²) >= 11 is 8.88. The molecule has 1 rings (SSSR count). The molecule has 1 atom stereocenters. The predicted octanol–water partition coefficient (Wildman–Crippen LogP) is 3.70. The Labute approximate surface area is 103 Å². The summed E-state index contributed by atoms with van der Waals surface area (Å²) < 4.78 is 13.8. The van der Waals surface area contributed by atoms with Crippen LogP contribution in [0.5, 0.6) is 0 Å². The zero-order valence-corrected chi connectivity index (χ0v) is 10.9. The second kappa shape index (κ2) is 6.46. The lowest BCUT2D eigenvalue weighted by Gasteiger charge is -2.12. The number of alkyl halides is 1. The van der Waals surface area contributed by atoms with Crippen molar-refractivity contribution in [2.24, 2.45) is 0 Å². The molecule has 0 heterocycles. The average molecular weight is 295 g/mol. The van der Waals surface area contributed by atoms with Crippen LogP contribution in [0.1, 0.15) is 18.9 Å². The molecule has 1 aromatic carbocycles. The van der Waals surface area contributed by atoms with E-state index in [0.717, 1.165) is 16.5 Å². The summed E-state index contributed by atoms with van der Waals surface area (Å²) in [5.41, 5.74) is 0.934. The minimum atomic E-state index is -0.217. The summed E-state index contributed by atoms with van der Waals surface area (Å²) in [5, 5.41) is 3.28. The van der Waals surface area contributed by atoms with Crippen LogP contribution >= 0.6 is 27.5 Å². The monoisotopic (exact) mass is 293 g/mol. The minimum Gasteiger partial charge on any atom is -0.310 e. The molecule has 1 unspecified atom stereocenters. The Bertz CT molecular complexity index is 299. The quantitative estimate of drug-likeness (QED) is 0.817. The highest BCUT2D eigenvalue weighted by molar-refractivity contribution is 9.10. The van der Waals surface area contributed by atoms with Crippen molar-refractivity contribution in [1.29, 1.82) is 0 Å². The van der Waals surface area contributed by atoms with Crippen LogP contribution in [0.25, 0.3) is 0 Å². The van der Waals surface area contributed by atoms with Crippen molar-refractivity contribution in [2.45, 2.75) is 25.9 Å². The van der Waals surface area contributed by atoms with Gasteiger partial charge in [-0.3, -0.25) is 0 Å². The van der Waals surface area contributed by atoms with Crippen molar-refractivity contribution < 1.29 is 4.39 Å². The summed E-state index contributed by atoms with van der Waals surface area (Å²) in [4.78, 5) is 0. The zero-order valence-electron chi connectivity index (χ0n) is 8.56. The fourth-order valence-electron chi connectivity index (χ4n) is 1.27. The van der Waals surface area contributed by atoms with Gasteiger partial charge in [0.25, 0.3) is 0 Å². The molecular weight excluding hydrogens is 280 g/mol. The lowest BCUT2D eigenvalue weighted by molar-refractivity contribution is 0.533. The first kappa shape index (κ1) is 12.9. The van der Waals surface area contributed by atoms with E-state index < -0.39 is 0 Å². The SMILES string of the molecule is CC(CCCl)NCc1cc(F)cc(Br)c1. The second-order valence-electron chi connectivity index (χ2n) is 3.54. The third-order valence-electron chi connectivity index (χ3n) is 2.12. The summed E-state index contributed by atoms with van der Waals surface area (Å²) in [7, 11) is 0. The number of hydrogen-bond acceptors (Lipinski definition) is 1. The third kappa shape index (κ3) is 4.96. The van der Waals surface area contributed by atoms with Crippen LogP contribution in [0, 0.1) is 5.82 Å². The fourth-order valence-corrected chi connectivity index (χ4v) is 2.11. The van der Waals surface area contributed by atoms with Crippen LogP contribution in [0.15, 0.2) is 22.7 Å². The molecule has 0 aliphatic heterocycles. The topological polar surface area (TPSA) is 12.0 Å². The van der Waals surface area contributed by atoms with Crippen LogP contribution in [0.3, 0.4) is 0 Å². The Morgan fingerprint density at radius 2 is 2.20 bits per heavy atom. The molecule has 1 N–H and O–H groups in total. The minimum absolute atomic E-state index is 0.217. The van der Waals surface area contributed by atoms with Crippen LogP contribution in [-0.4, -0.2) is 11.9 Å². The smallest absolute Gasteiger partial charge is 0.124 e. The summed E-state index contributed by atoms with van der Waals surface area (Å²) in [6, 6.07) is 5.24. The van der Waals surface area contributed by atoms with Gasteiger partial charge in [0.2, 0.25) is 0 Å². The molecule has 1 nitrogen and oxygen atoms in total. The molecule has 0 bridgehead atoms. The summed E-state index contributed by atoms with van der Waals surface area (Å²) in [5.74, 6) is 0.423. The van der Waals surface area contributed by atoms with Crippen LogP contribution in [0.4, 0.5) is 4.39 Å². The molecule has 0 saturated carbocycles. The molecule has 0 radical (unpaired) electrons. The largest absolute Gasteiger partial charge is 0.310 e. The molecule has 1 aromatic rings. The Hall–Kier alpha value is -0.120. The molecule has 0 fully saturated rings. The Morgan fingerprint density at radius 3 is 2.80 bits per heavy atom. The van der Waals surface area contributed by atoms with E-state index in [2.05, 4.69) is 28.2 Å². The van der Waals surface area contributed by atoms with Gasteiger partial charge in [-0.1, -0.05) is 15.9 Å². The molecule has 84 valence electrons. The van der Waals surface area contributed by atoms with E-state index in [0.29, 0.717) is 18.5 Å². The first-order valence-electron chi connectivity index (χ1n) is 4.86. The van der Waals surface area contributed by atoms with E-state index in [9.17, 15) is 4.39 Å². The molecule has 0 aromatic heterocycles. The zero-order chi connectivity index (χ0) is 11.3.